The van der Waals surface area contributed by atoms with Crippen molar-refractivity contribution in [3.8, 4) is 11.5 Å². The van der Waals surface area contributed by atoms with Crippen LogP contribution in [0.5, 0.6) is 11.5 Å². The normalized spacial score (nSPS) is 18.6. The van der Waals surface area contributed by atoms with Gasteiger partial charge in [0.05, 0.1) is 24.4 Å². The quantitative estimate of drug-likeness (QED) is 0.0960. The van der Waals surface area contributed by atoms with E-state index in [4.69, 9.17) is 14.2 Å². The van der Waals surface area contributed by atoms with Crippen LogP contribution < -0.4 is 15.4 Å². The molecule has 1 aromatic heterocycles. The van der Waals surface area contributed by atoms with Crippen LogP contribution in [0.4, 0.5) is 10.5 Å². The average molecular weight is 692 g/mol. The van der Waals surface area contributed by atoms with Gasteiger partial charge in [0, 0.05) is 35.7 Å². The van der Waals surface area contributed by atoms with Gasteiger partial charge in [0.15, 0.2) is 6.29 Å². The Labute approximate surface area is 294 Å². The second-order valence-corrected chi connectivity index (χ2v) is 12.8. The molecule has 0 bridgehead atoms. The number of rotatable bonds is 12. The first-order valence-electron chi connectivity index (χ1n) is 16.1. The summed E-state index contributed by atoms with van der Waals surface area (Å²) in [7, 11) is 0. The largest absolute Gasteiger partial charge is 0.478 e. The number of aliphatic hydroxyl groups excluding tert-OH is 1. The van der Waals surface area contributed by atoms with E-state index in [9.17, 15) is 19.8 Å². The molecule has 4 N–H and O–H groups in total. The fraction of sp³-hybridized carbons (Fsp3) is 0.205. The third-order valence-electron chi connectivity index (χ3n) is 8.31. The summed E-state index contributed by atoms with van der Waals surface area (Å²) in [5.74, 6) is 0.752. The first kappa shape index (κ1) is 34.7. The minimum absolute atomic E-state index is 0.0527. The maximum atomic E-state index is 12.6. The first-order valence-corrected chi connectivity index (χ1v) is 17.1. The van der Waals surface area contributed by atoms with Crippen LogP contribution in [-0.2, 0) is 22.6 Å². The van der Waals surface area contributed by atoms with Crippen LogP contribution in [0.25, 0.3) is 0 Å². The molecule has 6 rings (SSSR count). The van der Waals surface area contributed by atoms with Crippen LogP contribution in [0.3, 0.4) is 0 Å². The van der Waals surface area contributed by atoms with Gasteiger partial charge in [-0.2, -0.15) is 0 Å². The Morgan fingerprint density at radius 1 is 0.820 bits per heavy atom. The molecule has 0 spiro atoms. The van der Waals surface area contributed by atoms with Gasteiger partial charge in [-0.25, -0.2) is 14.6 Å². The third kappa shape index (κ3) is 8.87. The van der Waals surface area contributed by atoms with Crippen molar-refractivity contribution >= 4 is 29.4 Å². The van der Waals surface area contributed by atoms with E-state index in [1.54, 1.807) is 42.6 Å². The predicted octanol–water partition coefficient (Wildman–Crippen LogP) is 7.97. The highest BCUT2D eigenvalue weighted by molar-refractivity contribution is 7.99. The van der Waals surface area contributed by atoms with Crippen molar-refractivity contribution in [2.75, 3.05) is 11.1 Å². The number of amides is 2. The van der Waals surface area contributed by atoms with Crippen LogP contribution in [0.15, 0.2) is 126 Å². The Balaban J connectivity index is 1.09. The van der Waals surface area contributed by atoms with Crippen molar-refractivity contribution in [1.29, 1.82) is 0 Å². The number of para-hydroxylation sites is 1. The molecule has 2 heterocycles. The highest BCUT2D eigenvalue weighted by atomic mass is 32.2. The van der Waals surface area contributed by atoms with E-state index in [-0.39, 0.29) is 36.3 Å². The number of carboxylic acid groups (broad SMARTS) is 1. The maximum Gasteiger partial charge on any atom is 0.338 e. The molecule has 2 amide bonds. The molecular formula is C39H37N3O7S. The number of hydrogen-bond donors (Lipinski definition) is 4. The van der Waals surface area contributed by atoms with Gasteiger partial charge in [0.1, 0.15) is 16.5 Å². The fourth-order valence-corrected chi connectivity index (χ4v) is 6.67. The van der Waals surface area contributed by atoms with E-state index < -0.39 is 12.3 Å². The van der Waals surface area contributed by atoms with Crippen LogP contribution >= 0.6 is 11.8 Å². The summed E-state index contributed by atoms with van der Waals surface area (Å²) >= 11 is 1.34. The van der Waals surface area contributed by atoms with E-state index in [0.717, 1.165) is 28.0 Å². The number of ether oxygens (including phenoxy) is 3. The number of hydrogen-bond acceptors (Lipinski definition) is 8. The first-order chi connectivity index (χ1) is 24.4. The number of carbonyl (C=O) groups is 2. The van der Waals surface area contributed by atoms with Crippen molar-refractivity contribution in [3.63, 3.8) is 0 Å². The SMILES string of the molecule is CC1C(CSc2ncccc2C(=O)O)OC(c2ccc(CNC(=O)Nc3ccc(Oc4ccccc4)cc3)cc2)OC1c1ccc(CO)cc1. The molecule has 0 saturated carbocycles. The second-order valence-electron chi connectivity index (χ2n) is 11.8. The fourth-order valence-electron chi connectivity index (χ4n) is 5.52. The minimum atomic E-state index is -1.03. The molecule has 0 radical (unpaired) electrons. The lowest BCUT2D eigenvalue weighted by atomic mass is 9.91. The van der Waals surface area contributed by atoms with E-state index in [1.165, 1.54) is 11.8 Å². The number of carboxylic acids is 1. The summed E-state index contributed by atoms with van der Waals surface area (Å²) in [4.78, 5) is 28.7. The van der Waals surface area contributed by atoms with Gasteiger partial charge in [-0.1, -0.05) is 73.7 Å². The van der Waals surface area contributed by atoms with Gasteiger partial charge in [-0.3, -0.25) is 0 Å². The summed E-state index contributed by atoms with van der Waals surface area (Å²) < 4.78 is 18.9. The van der Waals surface area contributed by atoms with Gasteiger partial charge in [-0.05, 0) is 65.2 Å². The van der Waals surface area contributed by atoms with Crippen molar-refractivity contribution in [2.45, 2.75) is 43.6 Å². The summed E-state index contributed by atoms with van der Waals surface area (Å²) in [6.45, 7) is 2.30. The molecule has 4 atom stereocenters. The number of thioether (sulfide) groups is 1. The monoisotopic (exact) mass is 691 g/mol. The molecule has 256 valence electrons. The molecule has 1 aliphatic rings. The average Bonchev–Trinajstić information content (AvgIpc) is 3.15. The third-order valence-corrected chi connectivity index (χ3v) is 9.40. The van der Waals surface area contributed by atoms with E-state index in [2.05, 4.69) is 22.5 Å². The van der Waals surface area contributed by atoms with Gasteiger partial charge in [0.2, 0.25) is 0 Å². The highest BCUT2D eigenvalue weighted by Gasteiger charge is 2.38. The smallest absolute Gasteiger partial charge is 0.338 e. The number of carbonyl (C=O) groups excluding carboxylic acids is 1. The standard InChI is InChI=1S/C39H37N3O7S/c1-25-34(24-50-36-33(37(44)45)8-5-21-40-36)48-38(49-35(25)28-13-11-27(23-43)12-14-28)29-15-9-26(10-16-29)22-41-39(46)42-30-17-19-32(20-18-30)47-31-6-3-2-4-7-31/h2-21,25,34-35,38,43H,22-24H2,1H3,(H,44,45)(H2,41,42,46). The lowest BCUT2D eigenvalue weighted by molar-refractivity contribution is -0.268. The number of pyridine rings is 1. The van der Waals surface area contributed by atoms with Crippen molar-refractivity contribution < 1.29 is 34.0 Å². The number of benzene rings is 4. The van der Waals surface area contributed by atoms with Crippen LogP contribution in [0, 0.1) is 5.92 Å². The van der Waals surface area contributed by atoms with E-state index >= 15 is 0 Å². The highest BCUT2D eigenvalue weighted by Crippen LogP contribution is 2.43. The van der Waals surface area contributed by atoms with Crippen molar-refractivity contribution in [1.82, 2.24) is 10.3 Å². The molecular weight excluding hydrogens is 655 g/mol. The number of anilines is 1. The zero-order chi connectivity index (χ0) is 34.9. The Morgan fingerprint density at radius 2 is 1.50 bits per heavy atom. The molecule has 10 nitrogen and oxygen atoms in total. The zero-order valence-electron chi connectivity index (χ0n) is 27.3. The summed E-state index contributed by atoms with van der Waals surface area (Å²) in [6.07, 6.45) is 0.269. The topological polar surface area (TPSA) is 139 Å². The number of aliphatic hydroxyl groups is 1. The summed E-state index contributed by atoms with van der Waals surface area (Å²) in [5.41, 5.74) is 4.23. The summed E-state index contributed by atoms with van der Waals surface area (Å²) in [5, 5.41) is 25.3. The number of nitrogens with one attached hydrogen (secondary N) is 2. The molecule has 1 aliphatic heterocycles. The number of nitrogens with zero attached hydrogens (tertiary/aromatic N) is 1. The number of aromatic nitrogens is 1. The maximum absolute atomic E-state index is 12.6. The van der Waals surface area contributed by atoms with Crippen LogP contribution in [0.2, 0.25) is 0 Å². The van der Waals surface area contributed by atoms with Crippen molar-refractivity contribution in [2.24, 2.45) is 5.92 Å². The number of aromatic carboxylic acids is 1. The molecule has 1 saturated heterocycles. The molecule has 5 aromatic rings. The Kier molecular flexibility index (Phi) is 11.4. The minimum Gasteiger partial charge on any atom is -0.478 e. The lowest BCUT2D eigenvalue weighted by Crippen LogP contribution is -2.38. The Bertz CT molecular complexity index is 1870. The molecule has 4 unspecified atom stereocenters. The number of urea groups is 1. The molecule has 4 aromatic carbocycles. The van der Waals surface area contributed by atoms with E-state index in [0.29, 0.717) is 28.8 Å². The second kappa shape index (κ2) is 16.5. The van der Waals surface area contributed by atoms with Gasteiger partial charge in [-0.15, -0.1) is 11.8 Å². The van der Waals surface area contributed by atoms with E-state index in [1.807, 2.05) is 78.9 Å². The molecule has 1 fully saturated rings. The predicted molar refractivity (Wildman–Crippen MR) is 190 cm³/mol. The molecule has 11 heteroatoms. The van der Waals surface area contributed by atoms with Gasteiger partial charge in [0.25, 0.3) is 0 Å². The van der Waals surface area contributed by atoms with Crippen LogP contribution in [-0.4, -0.2) is 39.1 Å². The van der Waals surface area contributed by atoms with Crippen molar-refractivity contribution in [3.05, 3.63) is 149 Å². The Morgan fingerprint density at radius 3 is 2.20 bits per heavy atom. The van der Waals surface area contributed by atoms with Gasteiger partial charge < -0.3 is 35.1 Å². The Hall–Kier alpha value is -5.20. The van der Waals surface area contributed by atoms with Gasteiger partial charge >= 0.3 is 12.0 Å². The summed E-state index contributed by atoms with van der Waals surface area (Å²) in [6, 6.07) is 34.7. The lowest BCUT2D eigenvalue weighted by Gasteiger charge is -2.41. The molecule has 50 heavy (non-hydrogen) atoms. The molecule has 0 aliphatic carbocycles. The zero-order valence-corrected chi connectivity index (χ0v) is 28.1. The van der Waals surface area contributed by atoms with Crippen LogP contribution in [0.1, 0.15) is 51.9 Å².